The maximum absolute atomic E-state index is 12.0. The number of sulfonamides is 1. The summed E-state index contributed by atoms with van der Waals surface area (Å²) in [5, 5.41) is 0. The molecule has 1 aromatic rings. The van der Waals surface area contributed by atoms with Crippen molar-refractivity contribution in [2.45, 2.75) is 26.2 Å². The van der Waals surface area contributed by atoms with Gasteiger partial charge in [-0.25, -0.2) is 13.2 Å². The zero-order valence-corrected chi connectivity index (χ0v) is 11.8. The molecule has 0 aliphatic heterocycles. The Kier molecular flexibility index (Phi) is 3.84. The Hall–Kier alpha value is -1.50. The highest BCUT2D eigenvalue weighted by atomic mass is 32.2. The number of aromatic amines is 1. The zero-order valence-electron chi connectivity index (χ0n) is 11.0. The van der Waals surface area contributed by atoms with Crippen LogP contribution in [-0.2, 0) is 14.8 Å². The number of aromatic nitrogens is 1. The quantitative estimate of drug-likeness (QED) is 0.806. The molecule has 2 N–H and O–H groups in total. The topological polar surface area (TPSA) is 88.3 Å². The number of hydrogen-bond donors (Lipinski definition) is 2. The van der Waals surface area contributed by atoms with Crippen LogP contribution in [0, 0.1) is 12.8 Å². The van der Waals surface area contributed by atoms with Crippen molar-refractivity contribution in [1.29, 1.82) is 0 Å². The van der Waals surface area contributed by atoms with Gasteiger partial charge < -0.3 is 9.72 Å². The van der Waals surface area contributed by atoms with Gasteiger partial charge in [0.05, 0.1) is 18.6 Å². The number of esters is 1. The molecule has 0 aromatic carbocycles. The second kappa shape index (κ2) is 5.24. The van der Waals surface area contributed by atoms with Gasteiger partial charge in [-0.15, -0.1) is 0 Å². The maximum Gasteiger partial charge on any atom is 0.356 e. The van der Waals surface area contributed by atoms with E-state index in [9.17, 15) is 13.2 Å². The van der Waals surface area contributed by atoms with Gasteiger partial charge >= 0.3 is 5.97 Å². The van der Waals surface area contributed by atoms with E-state index in [2.05, 4.69) is 14.4 Å². The monoisotopic (exact) mass is 286 g/mol. The van der Waals surface area contributed by atoms with E-state index in [-0.39, 0.29) is 23.1 Å². The molecule has 1 fully saturated rings. The lowest BCUT2D eigenvalue weighted by Crippen LogP contribution is -2.27. The first-order valence-electron chi connectivity index (χ1n) is 6.19. The molecule has 1 aliphatic rings. The van der Waals surface area contributed by atoms with Crippen LogP contribution in [0.2, 0.25) is 0 Å². The summed E-state index contributed by atoms with van der Waals surface area (Å²) in [6, 6.07) is 1.59. The summed E-state index contributed by atoms with van der Waals surface area (Å²) >= 11 is 0. The molecule has 1 saturated carbocycles. The minimum Gasteiger partial charge on any atom is -0.464 e. The summed E-state index contributed by atoms with van der Waals surface area (Å²) in [5.41, 5.74) is 1.09. The number of methoxy groups -OCH3 is 1. The van der Waals surface area contributed by atoms with Gasteiger partial charge in [0.25, 0.3) is 0 Å². The Balaban J connectivity index is 2.15. The van der Waals surface area contributed by atoms with Crippen molar-refractivity contribution in [2.75, 3.05) is 17.6 Å². The number of carbonyl (C=O) groups excluding carboxylic acids is 1. The zero-order chi connectivity index (χ0) is 14.0. The molecule has 0 amide bonds. The summed E-state index contributed by atoms with van der Waals surface area (Å²) in [6.45, 7) is 1.75. The molecule has 1 heterocycles. The van der Waals surface area contributed by atoms with Crippen LogP contribution in [0.15, 0.2) is 6.07 Å². The van der Waals surface area contributed by atoms with Gasteiger partial charge in [0.2, 0.25) is 10.0 Å². The average molecular weight is 286 g/mol. The molecule has 106 valence electrons. The van der Waals surface area contributed by atoms with Crippen molar-refractivity contribution >= 4 is 21.7 Å². The van der Waals surface area contributed by atoms with Crippen LogP contribution in [-0.4, -0.2) is 32.2 Å². The first-order valence-corrected chi connectivity index (χ1v) is 7.85. The van der Waals surface area contributed by atoms with Crippen molar-refractivity contribution in [1.82, 2.24) is 4.98 Å². The number of ether oxygens (including phenoxy) is 1. The van der Waals surface area contributed by atoms with E-state index in [1.54, 1.807) is 13.0 Å². The number of aryl methyl sites for hydroxylation is 1. The Labute approximate surface area is 112 Å². The predicted molar refractivity (Wildman–Crippen MR) is 71.6 cm³/mol. The molecular formula is C12H18N2O4S. The van der Waals surface area contributed by atoms with Crippen LogP contribution in [0.5, 0.6) is 0 Å². The number of anilines is 1. The van der Waals surface area contributed by atoms with Crippen LogP contribution >= 0.6 is 0 Å². The number of rotatable bonds is 5. The molecule has 2 rings (SSSR count). The lowest BCUT2D eigenvalue weighted by atomic mass is 9.87. The van der Waals surface area contributed by atoms with Crippen LogP contribution in [0.1, 0.15) is 35.4 Å². The van der Waals surface area contributed by atoms with E-state index in [1.165, 1.54) is 7.11 Å². The van der Waals surface area contributed by atoms with Crippen molar-refractivity contribution in [2.24, 2.45) is 5.92 Å². The molecule has 1 aromatic heterocycles. The lowest BCUT2D eigenvalue weighted by Gasteiger charge is -2.24. The van der Waals surface area contributed by atoms with E-state index in [1.807, 2.05) is 0 Å². The second-order valence-electron chi connectivity index (χ2n) is 4.91. The van der Waals surface area contributed by atoms with Gasteiger partial charge in [-0.05, 0) is 31.7 Å². The van der Waals surface area contributed by atoms with E-state index in [0.717, 1.165) is 19.3 Å². The lowest BCUT2D eigenvalue weighted by molar-refractivity contribution is 0.0596. The molecule has 7 heteroatoms. The molecule has 0 radical (unpaired) electrons. The van der Waals surface area contributed by atoms with Gasteiger partial charge in [0.1, 0.15) is 5.69 Å². The number of H-pyrrole nitrogens is 1. The molecule has 0 bridgehead atoms. The predicted octanol–water partition coefficient (Wildman–Crippen LogP) is 1.65. The molecule has 0 unspecified atom stereocenters. The van der Waals surface area contributed by atoms with E-state index >= 15 is 0 Å². The molecule has 6 nitrogen and oxygen atoms in total. The van der Waals surface area contributed by atoms with Gasteiger partial charge in [-0.1, -0.05) is 6.42 Å². The van der Waals surface area contributed by atoms with Gasteiger partial charge in [-0.3, -0.25) is 4.72 Å². The number of carbonyl (C=O) groups is 1. The Morgan fingerprint density at radius 2 is 2.21 bits per heavy atom. The highest BCUT2D eigenvalue weighted by Gasteiger charge is 2.26. The summed E-state index contributed by atoms with van der Waals surface area (Å²) in [6.07, 6.45) is 3.00. The number of hydrogen-bond acceptors (Lipinski definition) is 4. The fourth-order valence-corrected chi connectivity index (χ4v) is 3.65. The minimum atomic E-state index is -3.42. The fraction of sp³-hybridized carbons (Fsp3) is 0.583. The van der Waals surface area contributed by atoms with Crippen LogP contribution in [0.4, 0.5) is 5.69 Å². The molecule has 0 spiro atoms. The summed E-state index contributed by atoms with van der Waals surface area (Å²) in [5.74, 6) is -0.244. The molecular weight excluding hydrogens is 268 g/mol. The minimum absolute atomic E-state index is 0.109. The Morgan fingerprint density at radius 3 is 2.74 bits per heavy atom. The first-order chi connectivity index (χ1) is 8.91. The van der Waals surface area contributed by atoms with Crippen molar-refractivity contribution in [3.05, 3.63) is 17.5 Å². The highest BCUT2D eigenvalue weighted by Crippen LogP contribution is 2.28. The average Bonchev–Trinajstić information content (AvgIpc) is 2.63. The first kappa shape index (κ1) is 13.9. The third-order valence-electron chi connectivity index (χ3n) is 3.29. The SMILES string of the molecule is COC(=O)c1[nH]c(C)cc1NS(=O)(=O)CC1CCC1. The number of nitrogens with one attached hydrogen (secondary N) is 2. The molecule has 0 atom stereocenters. The van der Waals surface area contributed by atoms with Gasteiger partial charge in [-0.2, -0.15) is 0 Å². The van der Waals surface area contributed by atoms with Gasteiger partial charge in [0.15, 0.2) is 0 Å². The van der Waals surface area contributed by atoms with Crippen molar-refractivity contribution in [3.8, 4) is 0 Å². The van der Waals surface area contributed by atoms with Gasteiger partial charge in [0, 0.05) is 5.69 Å². The van der Waals surface area contributed by atoms with Crippen LogP contribution in [0.3, 0.4) is 0 Å². The Morgan fingerprint density at radius 1 is 1.53 bits per heavy atom. The van der Waals surface area contributed by atoms with Crippen LogP contribution < -0.4 is 4.72 Å². The van der Waals surface area contributed by atoms with E-state index < -0.39 is 16.0 Å². The van der Waals surface area contributed by atoms with Crippen molar-refractivity contribution < 1.29 is 17.9 Å². The van der Waals surface area contributed by atoms with E-state index in [0.29, 0.717) is 5.69 Å². The third-order valence-corrected chi connectivity index (χ3v) is 4.73. The molecule has 1 aliphatic carbocycles. The summed E-state index contributed by atoms with van der Waals surface area (Å²) < 4.78 is 31.1. The summed E-state index contributed by atoms with van der Waals surface area (Å²) in [4.78, 5) is 14.3. The largest absolute Gasteiger partial charge is 0.464 e. The molecule has 19 heavy (non-hydrogen) atoms. The maximum atomic E-state index is 12.0. The Bertz CT molecular complexity index is 573. The highest BCUT2D eigenvalue weighted by molar-refractivity contribution is 7.92. The third kappa shape index (κ3) is 3.28. The fourth-order valence-electron chi connectivity index (χ4n) is 2.11. The summed E-state index contributed by atoms with van der Waals surface area (Å²) in [7, 11) is -2.17. The smallest absolute Gasteiger partial charge is 0.356 e. The van der Waals surface area contributed by atoms with E-state index in [4.69, 9.17) is 0 Å². The van der Waals surface area contributed by atoms with Crippen molar-refractivity contribution in [3.63, 3.8) is 0 Å². The standard InChI is InChI=1S/C12H18N2O4S/c1-8-6-10(11(13-8)12(15)18-2)14-19(16,17)7-9-4-3-5-9/h6,9,13-14H,3-5,7H2,1-2H3. The second-order valence-corrected chi connectivity index (χ2v) is 6.68. The normalized spacial score (nSPS) is 15.9. The molecule has 0 saturated heterocycles. The van der Waals surface area contributed by atoms with Crippen LogP contribution in [0.25, 0.3) is 0 Å².